The third-order valence-electron chi connectivity index (χ3n) is 6.18. The monoisotopic (exact) mass is 518 g/mol. The summed E-state index contributed by atoms with van der Waals surface area (Å²) in [4.78, 5) is 26.7. The summed E-state index contributed by atoms with van der Waals surface area (Å²) in [5.74, 6) is -5.55. The van der Waals surface area contributed by atoms with E-state index in [1.165, 1.54) is 14.2 Å². The number of hydrogen-bond acceptors (Lipinski definition) is 8. The molecule has 0 aromatic heterocycles. The first-order chi connectivity index (χ1) is 18.3. The maximum atomic E-state index is 16.3. The molecular formula is C28H20F2N2O6. The molecule has 1 aliphatic rings. The molecule has 0 unspecified atom stereocenters. The molecule has 38 heavy (non-hydrogen) atoms. The van der Waals surface area contributed by atoms with Crippen LogP contribution in [0.25, 0.3) is 0 Å². The van der Waals surface area contributed by atoms with E-state index in [2.05, 4.69) is 10.6 Å². The summed E-state index contributed by atoms with van der Waals surface area (Å²) in [7, 11) is 2.79. The lowest BCUT2D eigenvalue weighted by Crippen LogP contribution is -2.26. The van der Waals surface area contributed by atoms with Gasteiger partial charge in [-0.15, -0.1) is 0 Å². The largest absolute Gasteiger partial charge is 0.507 e. The van der Waals surface area contributed by atoms with Crippen LogP contribution in [0, 0.1) is 11.6 Å². The van der Waals surface area contributed by atoms with Gasteiger partial charge in [0.2, 0.25) is 11.6 Å². The van der Waals surface area contributed by atoms with Gasteiger partial charge in [-0.1, -0.05) is 24.3 Å². The highest BCUT2D eigenvalue weighted by Crippen LogP contribution is 2.46. The SMILES string of the molecule is COc1ccccc1Nc1c(F)c2c(c(F)c1Nc1ccccc1OC)C(=O)c1c(O)ccc(O)c1C2=O. The van der Waals surface area contributed by atoms with E-state index in [4.69, 9.17) is 9.47 Å². The zero-order chi connectivity index (χ0) is 27.1. The summed E-state index contributed by atoms with van der Waals surface area (Å²) < 4.78 is 43.2. The van der Waals surface area contributed by atoms with Gasteiger partial charge in [-0.3, -0.25) is 9.59 Å². The second-order valence-corrected chi connectivity index (χ2v) is 8.29. The second-order valence-electron chi connectivity index (χ2n) is 8.29. The van der Waals surface area contributed by atoms with Crippen molar-refractivity contribution in [3.8, 4) is 23.0 Å². The molecule has 0 spiro atoms. The molecule has 4 N–H and O–H groups in total. The van der Waals surface area contributed by atoms with E-state index in [1.54, 1.807) is 48.5 Å². The highest BCUT2D eigenvalue weighted by atomic mass is 19.1. The minimum absolute atomic E-state index is 0.242. The van der Waals surface area contributed by atoms with Gasteiger partial charge in [-0.2, -0.15) is 0 Å². The number of benzene rings is 4. The van der Waals surface area contributed by atoms with E-state index in [0.717, 1.165) is 12.1 Å². The molecule has 0 saturated heterocycles. The Morgan fingerprint density at radius 3 is 1.34 bits per heavy atom. The lowest BCUT2D eigenvalue weighted by molar-refractivity contribution is 0.0967. The van der Waals surface area contributed by atoms with Crippen LogP contribution < -0.4 is 20.1 Å². The molecule has 10 heteroatoms. The molecule has 0 bridgehead atoms. The molecule has 4 aromatic rings. The van der Waals surface area contributed by atoms with Crippen molar-refractivity contribution in [2.45, 2.75) is 0 Å². The maximum absolute atomic E-state index is 16.3. The molecule has 192 valence electrons. The molecule has 0 amide bonds. The van der Waals surface area contributed by atoms with Gasteiger partial charge >= 0.3 is 0 Å². The Labute approximate surface area is 215 Å². The zero-order valence-corrected chi connectivity index (χ0v) is 20.1. The van der Waals surface area contributed by atoms with Gasteiger partial charge in [0, 0.05) is 0 Å². The number of phenolic OH excluding ortho intramolecular Hbond substituents is 2. The van der Waals surface area contributed by atoms with Crippen LogP contribution in [0.5, 0.6) is 23.0 Å². The Morgan fingerprint density at radius 2 is 0.974 bits per heavy atom. The Kier molecular flexibility index (Phi) is 6.08. The standard InChI is InChI=1S/C28H20F2N2O6/c1-37-17-9-5-3-7-13(17)31-25-23(29)21-22(24(30)26(25)32-14-8-4-6-10-18(14)38-2)28(36)20-16(34)12-11-15(33)19(20)27(21)35/h3-12,31-34H,1-2H3. The normalized spacial score (nSPS) is 12.0. The molecule has 0 heterocycles. The van der Waals surface area contributed by atoms with Crippen LogP contribution in [0.4, 0.5) is 31.5 Å². The van der Waals surface area contributed by atoms with Gasteiger partial charge in [0.25, 0.3) is 0 Å². The average Bonchev–Trinajstić information content (AvgIpc) is 2.92. The van der Waals surface area contributed by atoms with Gasteiger partial charge in [-0.25, -0.2) is 8.78 Å². The Hall–Kier alpha value is -5.12. The summed E-state index contributed by atoms with van der Waals surface area (Å²) in [5, 5.41) is 26.1. The van der Waals surface area contributed by atoms with Gasteiger partial charge in [0.15, 0.2) is 11.6 Å². The minimum Gasteiger partial charge on any atom is -0.507 e. The zero-order valence-electron chi connectivity index (χ0n) is 20.1. The topological polar surface area (TPSA) is 117 Å². The smallest absolute Gasteiger partial charge is 0.201 e. The average molecular weight is 518 g/mol. The van der Waals surface area contributed by atoms with Crippen molar-refractivity contribution in [1.82, 2.24) is 0 Å². The van der Waals surface area contributed by atoms with Gasteiger partial charge < -0.3 is 30.3 Å². The number of halogens is 2. The first kappa shape index (κ1) is 24.6. The second kappa shape index (κ2) is 9.40. The number of ketones is 2. The first-order valence-corrected chi connectivity index (χ1v) is 11.3. The number of phenols is 2. The van der Waals surface area contributed by atoms with Crippen molar-refractivity contribution in [1.29, 1.82) is 0 Å². The van der Waals surface area contributed by atoms with Crippen molar-refractivity contribution < 1.29 is 38.1 Å². The summed E-state index contributed by atoms with van der Waals surface area (Å²) in [6.07, 6.45) is 0. The molecule has 0 fully saturated rings. The molecule has 0 radical (unpaired) electrons. The van der Waals surface area contributed by atoms with E-state index in [1.807, 2.05) is 0 Å². The lowest BCUT2D eigenvalue weighted by atomic mass is 9.81. The summed E-state index contributed by atoms with van der Waals surface area (Å²) in [6.45, 7) is 0. The molecule has 5 rings (SSSR count). The summed E-state index contributed by atoms with van der Waals surface area (Å²) in [6, 6.07) is 14.9. The number of para-hydroxylation sites is 4. The molecule has 0 atom stereocenters. The number of fused-ring (bicyclic) bond motifs is 2. The highest BCUT2D eigenvalue weighted by Gasteiger charge is 2.41. The van der Waals surface area contributed by atoms with Crippen molar-refractivity contribution in [3.63, 3.8) is 0 Å². The Balaban J connectivity index is 1.81. The number of carbonyl (C=O) groups excluding carboxylic acids is 2. The van der Waals surface area contributed by atoms with E-state index >= 15 is 8.78 Å². The van der Waals surface area contributed by atoms with Crippen LogP contribution in [-0.4, -0.2) is 36.0 Å². The number of anilines is 4. The van der Waals surface area contributed by atoms with Crippen molar-refractivity contribution in [3.05, 3.63) is 94.6 Å². The van der Waals surface area contributed by atoms with E-state index in [-0.39, 0.29) is 11.4 Å². The van der Waals surface area contributed by atoms with Crippen LogP contribution in [0.3, 0.4) is 0 Å². The quantitative estimate of drug-likeness (QED) is 0.213. The number of aromatic hydroxyl groups is 2. The predicted octanol–water partition coefficient (Wildman–Crippen LogP) is 5.66. The molecule has 0 saturated carbocycles. The fourth-order valence-electron chi connectivity index (χ4n) is 4.41. The van der Waals surface area contributed by atoms with Gasteiger partial charge in [0.05, 0.1) is 47.8 Å². The summed E-state index contributed by atoms with van der Waals surface area (Å²) >= 11 is 0. The maximum Gasteiger partial charge on any atom is 0.201 e. The van der Waals surface area contributed by atoms with E-state index in [9.17, 15) is 19.8 Å². The van der Waals surface area contributed by atoms with Crippen LogP contribution in [0.2, 0.25) is 0 Å². The molecule has 0 aliphatic heterocycles. The van der Waals surface area contributed by atoms with Crippen LogP contribution in [0.15, 0.2) is 60.7 Å². The lowest BCUT2D eigenvalue weighted by Gasteiger charge is -2.25. The first-order valence-electron chi connectivity index (χ1n) is 11.3. The number of hydrogen-bond donors (Lipinski definition) is 4. The van der Waals surface area contributed by atoms with Crippen molar-refractivity contribution >= 4 is 34.3 Å². The third kappa shape index (κ3) is 3.74. The highest BCUT2D eigenvalue weighted by molar-refractivity contribution is 6.31. The van der Waals surface area contributed by atoms with E-state index < -0.39 is 68.3 Å². The summed E-state index contributed by atoms with van der Waals surface area (Å²) in [5.41, 5.74) is -3.52. The van der Waals surface area contributed by atoms with Crippen LogP contribution >= 0.6 is 0 Å². The molecular weight excluding hydrogens is 498 g/mol. The Morgan fingerprint density at radius 1 is 0.605 bits per heavy atom. The number of ether oxygens (including phenoxy) is 2. The number of methoxy groups -OCH3 is 2. The predicted molar refractivity (Wildman–Crippen MR) is 136 cm³/mol. The van der Waals surface area contributed by atoms with Gasteiger partial charge in [0.1, 0.15) is 34.4 Å². The van der Waals surface area contributed by atoms with Crippen LogP contribution in [0.1, 0.15) is 31.8 Å². The van der Waals surface area contributed by atoms with Gasteiger partial charge in [-0.05, 0) is 36.4 Å². The fraction of sp³-hybridized carbons (Fsp3) is 0.0714. The third-order valence-corrected chi connectivity index (χ3v) is 6.18. The van der Waals surface area contributed by atoms with Crippen LogP contribution in [-0.2, 0) is 0 Å². The van der Waals surface area contributed by atoms with E-state index in [0.29, 0.717) is 11.5 Å². The number of carbonyl (C=O) groups is 2. The number of rotatable bonds is 6. The Bertz CT molecular complexity index is 1520. The molecule has 4 aromatic carbocycles. The number of nitrogens with one attached hydrogen (secondary N) is 2. The molecule has 1 aliphatic carbocycles. The van der Waals surface area contributed by atoms with Crippen molar-refractivity contribution in [2.24, 2.45) is 0 Å². The minimum atomic E-state index is -1.25. The van der Waals surface area contributed by atoms with Crippen molar-refractivity contribution in [2.75, 3.05) is 24.9 Å². The molecule has 8 nitrogen and oxygen atoms in total. The fourth-order valence-corrected chi connectivity index (χ4v) is 4.41.